The van der Waals surface area contributed by atoms with Gasteiger partial charge in [-0.15, -0.1) is 0 Å². The molecule has 2 amide bonds. The van der Waals surface area contributed by atoms with Gasteiger partial charge in [-0.1, -0.05) is 54.4 Å². The van der Waals surface area contributed by atoms with Crippen LogP contribution in [0.1, 0.15) is 37.0 Å². The number of benzene rings is 2. The van der Waals surface area contributed by atoms with Gasteiger partial charge in [0.25, 0.3) is 0 Å². The molecule has 0 unspecified atom stereocenters. The summed E-state index contributed by atoms with van der Waals surface area (Å²) in [7, 11) is -2.46. The Morgan fingerprint density at radius 1 is 1.00 bits per heavy atom. The van der Waals surface area contributed by atoms with Crippen LogP contribution in [0.3, 0.4) is 0 Å². The van der Waals surface area contributed by atoms with E-state index < -0.39 is 22.0 Å². The van der Waals surface area contributed by atoms with E-state index in [1.54, 1.807) is 12.1 Å². The molecular formula is C24H33N3O4S. The smallest absolute Gasteiger partial charge is 0.243 e. The van der Waals surface area contributed by atoms with Crippen LogP contribution in [0.5, 0.6) is 0 Å². The number of rotatable bonds is 10. The van der Waals surface area contributed by atoms with Crippen LogP contribution in [-0.4, -0.2) is 55.6 Å². The van der Waals surface area contributed by atoms with E-state index in [1.165, 1.54) is 24.1 Å². The van der Waals surface area contributed by atoms with E-state index in [2.05, 4.69) is 5.32 Å². The number of likely N-dealkylation sites (N-methyl/N-ethyl adjacent to an activating group) is 2. The monoisotopic (exact) mass is 459 g/mol. The Labute approximate surface area is 191 Å². The molecule has 0 aliphatic heterocycles. The van der Waals surface area contributed by atoms with Crippen LogP contribution in [0.4, 0.5) is 0 Å². The van der Waals surface area contributed by atoms with Crippen LogP contribution >= 0.6 is 0 Å². The normalized spacial score (nSPS) is 12.4. The minimum atomic E-state index is -3.84. The minimum Gasteiger partial charge on any atom is -0.355 e. The van der Waals surface area contributed by atoms with Gasteiger partial charge in [0.15, 0.2) is 0 Å². The highest BCUT2D eigenvalue weighted by Crippen LogP contribution is 2.18. The Kier molecular flexibility index (Phi) is 8.98. The van der Waals surface area contributed by atoms with Crippen molar-refractivity contribution in [3.8, 4) is 0 Å². The zero-order chi connectivity index (χ0) is 23.9. The molecule has 1 atom stereocenters. The number of sulfonamides is 1. The average molecular weight is 460 g/mol. The van der Waals surface area contributed by atoms with Crippen LogP contribution in [0.15, 0.2) is 53.4 Å². The largest absolute Gasteiger partial charge is 0.355 e. The molecule has 0 fully saturated rings. The van der Waals surface area contributed by atoms with E-state index in [4.69, 9.17) is 0 Å². The number of hydrogen-bond acceptors (Lipinski definition) is 4. The maximum atomic E-state index is 13.3. The number of amides is 2. The summed E-state index contributed by atoms with van der Waals surface area (Å²) in [5.41, 5.74) is 2.87. The van der Waals surface area contributed by atoms with Crippen molar-refractivity contribution in [2.45, 2.75) is 51.6 Å². The second kappa shape index (κ2) is 11.2. The van der Waals surface area contributed by atoms with Crippen molar-refractivity contribution in [1.29, 1.82) is 0 Å². The van der Waals surface area contributed by atoms with Gasteiger partial charge in [0.05, 0.1) is 11.4 Å². The standard InChI is InChI=1S/C24H33N3O4S/c1-6-22(24(29)25-7-2)27(16-20-10-8-9-19(4)15-20)23(28)17-26(5)32(30,31)21-13-11-18(3)12-14-21/h8-15,22H,6-7,16-17H2,1-5H3,(H,25,29)/t22-/m0/s1. The molecule has 0 spiro atoms. The first kappa shape index (κ1) is 25.5. The summed E-state index contributed by atoms with van der Waals surface area (Å²) < 4.78 is 26.9. The zero-order valence-corrected chi connectivity index (χ0v) is 20.3. The maximum absolute atomic E-state index is 13.3. The number of aryl methyl sites for hydroxylation is 2. The van der Waals surface area contributed by atoms with Gasteiger partial charge in [-0.25, -0.2) is 8.42 Å². The molecule has 1 N–H and O–H groups in total. The minimum absolute atomic E-state index is 0.124. The van der Waals surface area contributed by atoms with Crippen LogP contribution in [0.2, 0.25) is 0 Å². The van der Waals surface area contributed by atoms with Gasteiger partial charge in [-0.2, -0.15) is 4.31 Å². The van der Waals surface area contributed by atoms with E-state index in [9.17, 15) is 18.0 Å². The molecule has 2 rings (SSSR count). The fourth-order valence-electron chi connectivity index (χ4n) is 3.48. The van der Waals surface area contributed by atoms with Gasteiger partial charge in [-0.3, -0.25) is 9.59 Å². The summed E-state index contributed by atoms with van der Waals surface area (Å²) >= 11 is 0. The Balaban J connectivity index is 2.31. The van der Waals surface area contributed by atoms with E-state index in [1.807, 2.05) is 52.0 Å². The third-order valence-electron chi connectivity index (χ3n) is 5.26. The molecule has 8 heteroatoms. The Hall–Kier alpha value is -2.71. The highest BCUT2D eigenvalue weighted by Gasteiger charge is 2.31. The first-order valence-electron chi connectivity index (χ1n) is 10.8. The van der Waals surface area contributed by atoms with Crippen LogP contribution < -0.4 is 5.32 Å². The average Bonchev–Trinajstić information content (AvgIpc) is 2.74. The van der Waals surface area contributed by atoms with E-state index in [-0.39, 0.29) is 23.9 Å². The highest BCUT2D eigenvalue weighted by molar-refractivity contribution is 7.89. The summed E-state index contributed by atoms with van der Waals surface area (Å²) in [5, 5.41) is 2.78. The van der Waals surface area contributed by atoms with E-state index in [0.29, 0.717) is 13.0 Å². The summed E-state index contributed by atoms with van der Waals surface area (Å²) in [6, 6.07) is 13.5. The van der Waals surface area contributed by atoms with Crippen molar-refractivity contribution in [2.75, 3.05) is 20.1 Å². The topological polar surface area (TPSA) is 86.8 Å². The number of nitrogens with zero attached hydrogens (tertiary/aromatic N) is 2. The summed E-state index contributed by atoms with van der Waals surface area (Å²) in [6.07, 6.45) is 0.414. The van der Waals surface area contributed by atoms with Crippen molar-refractivity contribution in [3.63, 3.8) is 0 Å². The molecule has 0 aromatic heterocycles. The lowest BCUT2D eigenvalue weighted by molar-refractivity contribution is -0.141. The first-order chi connectivity index (χ1) is 15.1. The lowest BCUT2D eigenvalue weighted by atomic mass is 10.1. The molecule has 2 aromatic carbocycles. The lowest BCUT2D eigenvalue weighted by Crippen LogP contribution is -2.51. The molecule has 0 saturated carbocycles. The van der Waals surface area contributed by atoms with Gasteiger partial charge in [0.1, 0.15) is 6.04 Å². The van der Waals surface area contributed by atoms with Crippen LogP contribution in [0, 0.1) is 13.8 Å². The fourth-order valence-corrected chi connectivity index (χ4v) is 4.60. The second-order valence-electron chi connectivity index (χ2n) is 7.90. The predicted molar refractivity (Wildman–Crippen MR) is 125 cm³/mol. The molecule has 2 aromatic rings. The number of carbonyl (C=O) groups excluding carboxylic acids is 2. The SMILES string of the molecule is CCNC(=O)[C@H](CC)N(Cc1cccc(C)c1)C(=O)CN(C)S(=O)(=O)c1ccc(C)cc1. The molecule has 7 nitrogen and oxygen atoms in total. The van der Waals surface area contributed by atoms with Crippen molar-refractivity contribution in [3.05, 3.63) is 65.2 Å². The van der Waals surface area contributed by atoms with Crippen molar-refractivity contribution >= 4 is 21.8 Å². The lowest BCUT2D eigenvalue weighted by Gasteiger charge is -2.32. The molecule has 0 aliphatic carbocycles. The Morgan fingerprint density at radius 2 is 1.66 bits per heavy atom. The summed E-state index contributed by atoms with van der Waals surface area (Å²) in [4.78, 5) is 27.6. The molecule has 0 saturated heterocycles. The molecule has 0 heterocycles. The third kappa shape index (κ3) is 6.40. The summed E-state index contributed by atoms with van der Waals surface area (Å²) in [5.74, 6) is -0.678. The number of nitrogens with one attached hydrogen (secondary N) is 1. The quantitative estimate of drug-likeness (QED) is 0.592. The van der Waals surface area contributed by atoms with Crippen molar-refractivity contribution < 1.29 is 18.0 Å². The fraction of sp³-hybridized carbons (Fsp3) is 0.417. The zero-order valence-electron chi connectivity index (χ0n) is 19.5. The first-order valence-corrected chi connectivity index (χ1v) is 12.2. The van der Waals surface area contributed by atoms with E-state index >= 15 is 0 Å². The molecule has 0 aliphatic rings. The van der Waals surface area contributed by atoms with Gasteiger partial charge >= 0.3 is 0 Å². The van der Waals surface area contributed by atoms with Crippen LogP contribution in [0.25, 0.3) is 0 Å². The Morgan fingerprint density at radius 3 is 2.22 bits per heavy atom. The Bertz CT molecular complexity index is 1040. The van der Waals surface area contributed by atoms with E-state index in [0.717, 1.165) is 21.0 Å². The molecule has 32 heavy (non-hydrogen) atoms. The highest BCUT2D eigenvalue weighted by atomic mass is 32.2. The van der Waals surface area contributed by atoms with Gasteiger partial charge in [0, 0.05) is 20.1 Å². The van der Waals surface area contributed by atoms with Gasteiger partial charge in [0.2, 0.25) is 21.8 Å². The van der Waals surface area contributed by atoms with Crippen LogP contribution in [-0.2, 0) is 26.2 Å². The predicted octanol–water partition coefficient (Wildman–Crippen LogP) is 2.87. The van der Waals surface area contributed by atoms with Crippen molar-refractivity contribution in [2.24, 2.45) is 0 Å². The van der Waals surface area contributed by atoms with Crippen molar-refractivity contribution in [1.82, 2.24) is 14.5 Å². The van der Waals surface area contributed by atoms with Gasteiger partial charge < -0.3 is 10.2 Å². The second-order valence-corrected chi connectivity index (χ2v) is 9.95. The summed E-state index contributed by atoms with van der Waals surface area (Å²) in [6.45, 7) is 7.79. The molecule has 0 bridgehead atoms. The molecule has 174 valence electrons. The number of hydrogen-bond donors (Lipinski definition) is 1. The molecular weight excluding hydrogens is 426 g/mol. The molecule has 0 radical (unpaired) electrons. The maximum Gasteiger partial charge on any atom is 0.243 e. The number of carbonyl (C=O) groups is 2. The third-order valence-corrected chi connectivity index (χ3v) is 7.08. The van der Waals surface area contributed by atoms with Gasteiger partial charge in [-0.05, 0) is 44.9 Å².